The van der Waals surface area contributed by atoms with Crippen LogP contribution in [0, 0.1) is 0 Å². The van der Waals surface area contributed by atoms with Crippen molar-refractivity contribution >= 4 is 10.9 Å². The van der Waals surface area contributed by atoms with Crippen molar-refractivity contribution in [2.45, 2.75) is 38.6 Å². The summed E-state index contributed by atoms with van der Waals surface area (Å²) in [5.41, 5.74) is 5.31. The molecular formula is C15H21N3. The molecule has 3 heteroatoms. The summed E-state index contributed by atoms with van der Waals surface area (Å²) in [5.74, 6) is 5.64. The van der Waals surface area contributed by atoms with Crippen molar-refractivity contribution in [3.8, 4) is 0 Å². The van der Waals surface area contributed by atoms with Crippen LogP contribution in [0.15, 0.2) is 36.5 Å². The van der Waals surface area contributed by atoms with E-state index < -0.39 is 0 Å². The fraction of sp³-hybridized carbons (Fsp3) is 0.400. The van der Waals surface area contributed by atoms with Gasteiger partial charge in [0.15, 0.2) is 0 Å². The number of unbranched alkanes of at least 4 members (excludes halogenated alkanes) is 1. The molecule has 0 radical (unpaired) electrons. The summed E-state index contributed by atoms with van der Waals surface area (Å²) in [6, 6.07) is 10.7. The van der Waals surface area contributed by atoms with Crippen LogP contribution in [0.2, 0.25) is 0 Å². The molecule has 0 fully saturated rings. The first-order chi connectivity index (χ1) is 8.85. The molecule has 18 heavy (non-hydrogen) atoms. The lowest BCUT2D eigenvalue weighted by molar-refractivity contribution is 0.474. The summed E-state index contributed by atoms with van der Waals surface area (Å²) in [5, 5.41) is 1.23. The van der Waals surface area contributed by atoms with E-state index in [1.807, 2.05) is 12.3 Å². The normalized spacial score (nSPS) is 12.8. The van der Waals surface area contributed by atoms with Crippen molar-refractivity contribution in [2.75, 3.05) is 0 Å². The molecule has 2 aromatic rings. The number of nitrogens with one attached hydrogen (secondary N) is 1. The van der Waals surface area contributed by atoms with E-state index in [1.54, 1.807) is 0 Å². The number of pyridine rings is 1. The van der Waals surface area contributed by atoms with Gasteiger partial charge in [0.2, 0.25) is 0 Å². The van der Waals surface area contributed by atoms with Gasteiger partial charge in [-0.05, 0) is 30.5 Å². The van der Waals surface area contributed by atoms with Gasteiger partial charge in [-0.15, -0.1) is 0 Å². The highest BCUT2D eigenvalue weighted by atomic mass is 15.2. The van der Waals surface area contributed by atoms with E-state index in [0.717, 1.165) is 18.4 Å². The summed E-state index contributed by atoms with van der Waals surface area (Å²) in [6.07, 6.45) is 6.36. The standard InChI is InChI=1S/C15H21N3/c1-2-3-6-13(18-16)11-12-9-10-17-15-8-5-4-7-14(12)15/h4-5,7-10,13,18H,2-3,6,11,16H2,1H3. The molecule has 0 aliphatic rings. The number of nitrogens with two attached hydrogens (primary N) is 1. The molecule has 0 saturated heterocycles. The Kier molecular flexibility index (Phi) is 4.67. The molecule has 1 aromatic carbocycles. The predicted molar refractivity (Wildman–Crippen MR) is 76.1 cm³/mol. The largest absolute Gasteiger partial charge is 0.271 e. The van der Waals surface area contributed by atoms with Crippen LogP contribution in [0.5, 0.6) is 0 Å². The van der Waals surface area contributed by atoms with Gasteiger partial charge in [0.05, 0.1) is 5.52 Å². The molecule has 0 amide bonds. The van der Waals surface area contributed by atoms with Crippen LogP contribution >= 0.6 is 0 Å². The van der Waals surface area contributed by atoms with E-state index in [1.165, 1.54) is 23.8 Å². The van der Waals surface area contributed by atoms with Gasteiger partial charge in [0, 0.05) is 17.6 Å². The number of fused-ring (bicyclic) bond motifs is 1. The quantitative estimate of drug-likeness (QED) is 0.606. The second-order valence-corrected chi connectivity index (χ2v) is 4.70. The van der Waals surface area contributed by atoms with Crippen molar-refractivity contribution in [1.29, 1.82) is 0 Å². The van der Waals surface area contributed by atoms with Gasteiger partial charge in [-0.3, -0.25) is 16.3 Å². The van der Waals surface area contributed by atoms with E-state index in [-0.39, 0.29) is 0 Å². The molecule has 1 atom stereocenters. The minimum Gasteiger partial charge on any atom is -0.271 e. The number of hydrazine groups is 1. The smallest absolute Gasteiger partial charge is 0.0704 e. The molecule has 96 valence electrons. The van der Waals surface area contributed by atoms with Gasteiger partial charge in [-0.25, -0.2) is 0 Å². The van der Waals surface area contributed by atoms with E-state index in [9.17, 15) is 0 Å². The van der Waals surface area contributed by atoms with Crippen LogP contribution < -0.4 is 11.3 Å². The summed E-state index contributed by atoms with van der Waals surface area (Å²) in [4.78, 5) is 4.39. The minimum atomic E-state index is 0.343. The average Bonchev–Trinajstić information content (AvgIpc) is 2.43. The summed E-state index contributed by atoms with van der Waals surface area (Å²) < 4.78 is 0. The topological polar surface area (TPSA) is 50.9 Å². The molecule has 1 aromatic heterocycles. The van der Waals surface area contributed by atoms with Crippen LogP contribution in [0.25, 0.3) is 10.9 Å². The maximum Gasteiger partial charge on any atom is 0.0704 e. The lowest BCUT2D eigenvalue weighted by Gasteiger charge is -2.16. The van der Waals surface area contributed by atoms with Crippen molar-refractivity contribution in [1.82, 2.24) is 10.4 Å². The highest BCUT2D eigenvalue weighted by Gasteiger charge is 2.09. The SMILES string of the molecule is CCCCC(Cc1ccnc2ccccc12)NN. The summed E-state index contributed by atoms with van der Waals surface area (Å²) in [6.45, 7) is 2.20. The van der Waals surface area contributed by atoms with Gasteiger partial charge in [0.25, 0.3) is 0 Å². The number of aromatic nitrogens is 1. The fourth-order valence-corrected chi connectivity index (χ4v) is 2.29. The minimum absolute atomic E-state index is 0.343. The Morgan fingerprint density at radius 3 is 2.89 bits per heavy atom. The molecule has 0 aliphatic heterocycles. The first-order valence-electron chi connectivity index (χ1n) is 6.64. The number of hydrogen-bond donors (Lipinski definition) is 2. The third-order valence-corrected chi connectivity index (χ3v) is 3.35. The average molecular weight is 243 g/mol. The zero-order chi connectivity index (χ0) is 12.8. The van der Waals surface area contributed by atoms with Crippen molar-refractivity contribution in [3.63, 3.8) is 0 Å². The Morgan fingerprint density at radius 2 is 2.11 bits per heavy atom. The Labute approximate surface area is 108 Å². The number of nitrogens with zero attached hydrogens (tertiary/aromatic N) is 1. The monoisotopic (exact) mass is 243 g/mol. The van der Waals surface area contributed by atoms with Crippen LogP contribution in [0.1, 0.15) is 31.7 Å². The number of hydrogen-bond acceptors (Lipinski definition) is 3. The molecule has 0 spiro atoms. The van der Waals surface area contributed by atoms with Crippen molar-refractivity contribution < 1.29 is 0 Å². The molecule has 1 heterocycles. The molecule has 2 rings (SSSR count). The van der Waals surface area contributed by atoms with Gasteiger partial charge in [-0.2, -0.15) is 0 Å². The third kappa shape index (κ3) is 3.06. The lowest BCUT2D eigenvalue weighted by atomic mass is 9.99. The van der Waals surface area contributed by atoms with Gasteiger partial charge in [-0.1, -0.05) is 38.0 Å². The molecule has 1 unspecified atom stereocenters. The number of rotatable bonds is 6. The second-order valence-electron chi connectivity index (χ2n) is 4.70. The van der Waals surface area contributed by atoms with E-state index in [0.29, 0.717) is 6.04 Å². The summed E-state index contributed by atoms with van der Waals surface area (Å²) in [7, 11) is 0. The highest BCUT2D eigenvalue weighted by molar-refractivity contribution is 5.81. The Hall–Kier alpha value is -1.45. The predicted octanol–water partition coefficient (Wildman–Crippen LogP) is 2.80. The Morgan fingerprint density at radius 1 is 1.28 bits per heavy atom. The van der Waals surface area contributed by atoms with Crippen molar-refractivity contribution in [2.24, 2.45) is 5.84 Å². The molecular weight excluding hydrogens is 222 g/mol. The Balaban J connectivity index is 2.19. The van der Waals surface area contributed by atoms with E-state index in [2.05, 4.69) is 41.6 Å². The molecule has 3 N–H and O–H groups in total. The third-order valence-electron chi connectivity index (χ3n) is 3.35. The highest BCUT2D eigenvalue weighted by Crippen LogP contribution is 2.18. The van der Waals surface area contributed by atoms with Crippen LogP contribution in [-0.4, -0.2) is 11.0 Å². The summed E-state index contributed by atoms with van der Waals surface area (Å²) >= 11 is 0. The van der Waals surface area contributed by atoms with Gasteiger partial charge < -0.3 is 0 Å². The van der Waals surface area contributed by atoms with E-state index >= 15 is 0 Å². The first kappa shape index (κ1) is 13.0. The van der Waals surface area contributed by atoms with E-state index in [4.69, 9.17) is 5.84 Å². The first-order valence-corrected chi connectivity index (χ1v) is 6.64. The van der Waals surface area contributed by atoms with Gasteiger partial charge in [0.1, 0.15) is 0 Å². The number of benzene rings is 1. The van der Waals surface area contributed by atoms with Crippen LogP contribution in [-0.2, 0) is 6.42 Å². The zero-order valence-electron chi connectivity index (χ0n) is 10.9. The van der Waals surface area contributed by atoms with Crippen LogP contribution in [0.4, 0.5) is 0 Å². The molecule has 0 aliphatic carbocycles. The molecule has 0 saturated carbocycles. The lowest BCUT2D eigenvalue weighted by Crippen LogP contribution is -2.36. The molecule has 0 bridgehead atoms. The molecule has 3 nitrogen and oxygen atoms in total. The second kappa shape index (κ2) is 6.47. The maximum absolute atomic E-state index is 5.64. The van der Waals surface area contributed by atoms with Gasteiger partial charge >= 0.3 is 0 Å². The fourth-order valence-electron chi connectivity index (χ4n) is 2.29. The number of para-hydroxylation sites is 1. The van der Waals surface area contributed by atoms with Crippen LogP contribution in [0.3, 0.4) is 0 Å². The van der Waals surface area contributed by atoms with Crippen molar-refractivity contribution in [3.05, 3.63) is 42.1 Å². The zero-order valence-corrected chi connectivity index (χ0v) is 10.9. The Bertz CT molecular complexity index is 491. The maximum atomic E-state index is 5.64.